The number of halogens is 1. The van der Waals surface area contributed by atoms with Gasteiger partial charge in [0.05, 0.1) is 9.85 Å². The zero-order valence-electron chi connectivity index (χ0n) is 10.7. The van der Waals surface area contributed by atoms with E-state index in [-0.39, 0.29) is 58.4 Å². The summed E-state index contributed by atoms with van der Waals surface area (Å²) in [5, 5.41) is 20.4. The minimum Gasteiger partial charge on any atom is -1.00 e. The van der Waals surface area contributed by atoms with Crippen molar-refractivity contribution in [2.45, 2.75) is 11.8 Å². The van der Waals surface area contributed by atoms with E-state index in [4.69, 9.17) is 16.2 Å². The van der Waals surface area contributed by atoms with Gasteiger partial charge in [0, 0.05) is 6.07 Å². The summed E-state index contributed by atoms with van der Waals surface area (Å²) in [6, 6.07) is 0.735. The molecule has 0 amide bonds. The van der Waals surface area contributed by atoms with Crippen molar-refractivity contribution in [3.63, 3.8) is 0 Å². The maximum atomic E-state index is 11.0. The third kappa shape index (κ3) is 3.92. The average Bonchev–Trinajstić information content (AvgIpc) is 2.17. The molecule has 0 spiro atoms. The molecule has 0 aliphatic heterocycles. The zero-order valence-corrected chi connectivity index (χ0v) is 14.4. The van der Waals surface area contributed by atoms with Crippen molar-refractivity contribution in [2.24, 2.45) is 0 Å². The molecule has 0 aliphatic rings. The van der Waals surface area contributed by atoms with Crippen LogP contribution >= 0.6 is 11.6 Å². The van der Waals surface area contributed by atoms with Gasteiger partial charge < -0.3 is 1.43 Å². The summed E-state index contributed by atoms with van der Waals surface area (Å²) in [6.07, 6.45) is 0. The molecule has 12 heteroatoms. The van der Waals surface area contributed by atoms with Gasteiger partial charge in [-0.05, 0) is 12.5 Å². The molecule has 1 aromatic carbocycles. The Morgan fingerprint density at radius 1 is 1.32 bits per heavy atom. The van der Waals surface area contributed by atoms with Gasteiger partial charge in [0.15, 0.2) is 9.92 Å². The Balaban J connectivity index is 0. The summed E-state index contributed by atoms with van der Waals surface area (Å²) >= 11 is 5.42. The van der Waals surface area contributed by atoms with Gasteiger partial charge in [-0.1, -0.05) is 11.6 Å². The van der Waals surface area contributed by atoms with Crippen molar-refractivity contribution in [1.82, 2.24) is 0 Å². The molecule has 0 heterocycles. The molecule has 0 fully saturated rings. The van der Waals surface area contributed by atoms with Crippen LogP contribution in [0.4, 0.5) is 11.4 Å². The zero-order chi connectivity index (χ0) is 14.2. The van der Waals surface area contributed by atoms with Crippen LogP contribution in [0.15, 0.2) is 11.0 Å². The molecule has 9 nitrogen and oxygen atoms in total. The maximum Gasteiger partial charge on any atom is 1.00 e. The van der Waals surface area contributed by atoms with Crippen molar-refractivity contribution in [1.29, 1.82) is 0 Å². The standard InChI is InChI=1S/C7H5ClN2O7S.K.H/c1-3-2-4(9(11)12)5(8)6(10(13)14)7(3)18(15,16)17;;/h2H,1H3,(H,15,16,17);;/q;+1;-1. The first-order chi connectivity index (χ1) is 8.07. The van der Waals surface area contributed by atoms with E-state index < -0.39 is 41.3 Å². The van der Waals surface area contributed by atoms with Crippen molar-refractivity contribution < 1.29 is 75.6 Å². The summed E-state index contributed by atoms with van der Waals surface area (Å²) in [5.41, 5.74) is -2.38. The molecular formula is C7H6ClKN2O7S. The Labute approximate surface area is 155 Å². The van der Waals surface area contributed by atoms with Crippen LogP contribution in [-0.2, 0) is 10.1 Å². The molecule has 1 rings (SSSR count). The first kappa shape index (κ1) is 18.9. The molecule has 0 atom stereocenters. The van der Waals surface area contributed by atoms with Gasteiger partial charge in [-0.15, -0.1) is 0 Å². The third-order valence-corrected chi connectivity index (χ3v) is 3.40. The molecule has 0 aliphatic carbocycles. The summed E-state index contributed by atoms with van der Waals surface area (Å²) in [7, 11) is -4.92. The van der Waals surface area contributed by atoms with Crippen LogP contribution in [0.5, 0.6) is 0 Å². The van der Waals surface area contributed by atoms with Crippen LogP contribution in [0.1, 0.15) is 6.99 Å². The minimum absolute atomic E-state index is 0. The number of rotatable bonds is 3. The molecule has 100 valence electrons. The predicted molar refractivity (Wildman–Crippen MR) is 60.4 cm³/mol. The van der Waals surface area contributed by atoms with Crippen LogP contribution in [0, 0.1) is 27.2 Å². The van der Waals surface area contributed by atoms with E-state index in [1.54, 1.807) is 0 Å². The maximum absolute atomic E-state index is 11.0. The number of nitro groups is 2. The SMILES string of the molecule is Cc1cc([N+](=O)[O-])c(Cl)c([N+](=O)[O-])c1S(=O)(=O)O.[H-].[K+]. The monoisotopic (exact) mass is 336 g/mol. The Morgan fingerprint density at radius 2 is 1.79 bits per heavy atom. The normalized spacial score (nSPS) is 10.7. The van der Waals surface area contributed by atoms with Gasteiger partial charge in [-0.25, -0.2) is 0 Å². The molecule has 0 unspecified atom stereocenters. The molecule has 19 heavy (non-hydrogen) atoms. The van der Waals surface area contributed by atoms with E-state index in [0.29, 0.717) is 0 Å². The van der Waals surface area contributed by atoms with E-state index in [1.165, 1.54) is 0 Å². The van der Waals surface area contributed by atoms with Crippen LogP contribution in [0.25, 0.3) is 0 Å². The summed E-state index contributed by atoms with van der Waals surface area (Å²) in [6.45, 7) is 1.07. The van der Waals surface area contributed by atoms with Crippen molar-refractivity contribution in [3.8, 4) is 0 Å². The van der Waals surface area contributed by atoms with E-state index >= 15 is 0 Å². The number of nitro benzene ring substituents is 2. The second-order valence-electron chi connectivity index (χ2n) is 3.19. The van der Waals surface area contributed by atoms with E-state index in [0.717, 1.165) is 13.0 Å². The fraction of sp³-hybridized carbons (Fsp3) is 0.143. The summed E-state index contributed by atoms with van der Waals surface area (Å²) < 4.78 is 31.0. The number of aryl methyl sites for hydroxylation is 1. The van der Waals surface area contributed by atoms with Crippen molar-refractivity contribution in [2.75, 3.05) is 0 Å². The van der Waals surface area contributed by atoms with Crippen LogP contribution < -0.4 is 51.4 Å². The fourth-order valence-corrected chi connectivity index (χ4v) is 2.59. The third-order valence-electron chi connectivity index (χ3n) is 2.00. The van der Waals surface area contributed by atoms with E-state index in [9.17, 15) is 28.6 Å². The smallest absolute Gasteiger partial charge is 1.00 e. The molecule has 0 saturated carbocycles. The van der Waals surface area contributed by atoms with Gasteiger partial charge >= 0.3 is 67.2 Å². The molecular weight excluding hydrogens is 331 g/mol. The number of hydrogen-bond donors (Lipinski definition) is 1. The van der Waals surface area contributed by atoms with Gasteiger partial charge in [0.25, 0.3) is 5.69 Å². The second kappa shape index (κ2) is 6.54. The fourth-order valence-electron chi connectivity index (χ4n) is 1.36. The average molecular weight is 337 g/mol. The quantitative estimate of drug-likeness (QED) is 0.317. The Bertz CT molecular complexity index is 666. The van der Waals surface area contributed by atoms with Crippen LogP contribution in [0.2, 0.25) is 5.02 Å². The largest absolute Gasteiger partial charge is 1.00 e. The summed E-state index contributed by atoms with van der Waals surface area (Å²) in [4.78, 5) is 18.1. The van der Waals surface area contributed by atoms with E-state index in [2.05, 4.69) is 0 Å². The Morgan fingerprint density at radius 3 is 2.11 bits per heavy atom. The first-order valence-corrected chi connectivity index (χ1v) is 5.98. The van der Waals surface area contributed by atoms with E-state index in [1.807, 2.05) is 0 Å². The first-order valence-electron chi connectivity index (χ1n) is 4.16. The van der Waals surface area contributed by atoms with Crippen molar-refractivity contribution in [3.05, 3.63) is 36.9 Å². The number of hydrogen-bond acceptors (Lipinski definition) is 6. The molecule has 1 N–H and O–H groups in total. The predicted octanol–water partition coefficient (Wildman–Crippen LogP) is -1.17. The minimum atomic E-state index is -4.92. The molecule has 0 saturated heterocycles. The Kier molecular flexibility index (Phi) is 6.49. The van der Waals surface area contributed by atoms with Gasteiger partial charge in [0.2, 0.25) is 0 Å². The van der Waals surface area contributed by atoms with Crippen LogP contribution in [-0.4, -0.2) is 22.8 Å². The van der Waals surface area contributed by atoms with Crippen LogP contribution in [0.3, 0.4) is 0 Å². The van der Waals surface area contributed by atoms with Crippen molar-refractivity contribution >= 4 is 33.1 Å². The molecule has 1 aromatic rings. The number of nitrogens with zero attached hydrogens (tertiary/aromatic N) is 2. The molecule has 0 bridgehead atoms. The summed E-state index contributed by atoms with van der Waals surface area (Å²) in [5.74, 6) is 0. The van der Waals surface area contributed by atoms with Gasteiger partial charge in [0.1, 0.15) is 0 Å². The van der Waals surface area contributed by atoms with Gasteiger partial charge in [-0.3, -0.25) is 24.8 Å². The second-order valence-corrected chi connectivity index (χ2v) is 4.93. The Hall–Kier alpha value is -0.144. The molecule has 0 aromatic heterocycles. The molecule has 0 radical (unpaired) electrons. The topological polar surface area (TPSA) is 141 Å². The van der Waals surface area contributed by atoms with Gasteiger partial charge in [-0.2, -0.15) is 8.42 Å². The number of benzene rings is 1.